The Morgan fingerprint density at radius 3 is 2.31 bits per heavy atom. The molecule has 2 amide bonds. The first kappa shape index (κ1) is 21.7. The average Bonchev–Trinajstić information content (AvgIpc) is 3.42. The van der Waals surface area contributed by atoms with Crippen LogP contribution in [0, 0.1) is 0 Å². The van der Waals surface area contributed by atoms with Gasteiger partial charge < -0.3 is 5.32 Å². The summed E-state index contributed by atoms with van der Waals surface area (Å²) < 4.78 is 23.3. The molecule has 3 aromatic heterocycles. The van der Waals surface area contributed by atoms with Crippen LogP contribution in [0.1, 0.15) is 16.1 Å². The van der Waals surface area contributed by atoms with Gasteiger partial charge in [-0.1, -0.05) is 6.07 Å². The molecule has 1 atom stereocenters. The van der Waals surface area contributed by atoms with Crippen LogP contribution in [0.2, 0.25) is 0 Å². The Balaban J connectivity index is 1.62. The van der Waals surface area contributed by atoms with Crippen LogP contribution >= 0.6 is 34.0 Å². The van der Waals surface area contributed by atoms with Crippen molar-refractivity contribution in [1.82, 2.24) is 10.8 Å². The third-order valence-corrected chi connectivity index (χ3v) is 8.97. The molecule has 0 aliphatic rings. The predicted molar refractivity (Wildman–Crippen MR) is 116 cm³/mol. The molecule has 1 unspecified atom stereocenters. The van der Waals surface area contributed by atoms with E-state index in [2.05, 4.69) is 17.4 Å². The number of hydrogen-bond donors (Lipinski definition) is 3. The molecular formula is C18H18N2O5S4. The van der Waals surface area contributed by atoms with Crippen LogP contribution < -0.4 is 10.8 Å². The van der Waals surface area contributed by atoms with Gasteiger partial charge in [0.25, 0.3) is 11.8 Å². The van der Waals surface area contributed by atoms with Gasteiger partial charge >= 0.3 is 0 Å². The van der Waals surface area contributed by atoms with Crippen LogP contribution in [0.3, 0.4) is 0 Å². The first-order valence-electron chi connectivity index (χ1n) is 8.44. The SMILES string of the molecule is CS(=O)(=O)C(CCNC(=O)c1ccc(-c2ccc(-c3cccs3)s2)s1)C(=O)NO. The molecule has 0 saturated carbocycles. The van der Waals surface area contributed by atoms with Crippen LogP contribution in [0.4, 0.5) is 0 Å². The van der Waals surface area contributed by atoms with E-state index < -0.39 is 21.0 Å². The quantitative estimate of drug-likeness (QED) is 0.346. The first-order chi connectivity index (χ1) is 13.8. The third-order valence-electron chi connectivity index (χ3n) is 4.05. The van der Waals surface area contributed by atoms with Crippen molar-refractivity contribution in [3.63, 3.8) is 0 Å². The van der Waals surface area contributed by atoms with E-state index in [0.29, 0.717) is 4.88 Å². The molecule has 3 N–H and O–H groups in total. The smallest absolute Gasteiger partial charge is 0.261 e. The van der Waals surface area contributed by atoms with Crippen LogP contribution in [0.5, 0.6) is 0 Å². The van der Waals surface area contributed by atoms with Gasteiger partial charge in [-0.15, -0.1) is 34.0 Å². The molecule has 29 heavy (non-hydrogen) atoms. The summed E-state index contributed by atoms with van der Waals surface area (Å²) in [5.74, 6) is -1.35. The normalized spacial score (nSPS) is 12.5. The third kappa shape index (κ3) is 5.31. The summed E-state index contributed by atoms with van der Waals surface area (Å²) in [7, 11) is -3.71. The molecule has 0 aromatic carbocycles. The van der Waals surface area contributed by atoms with Gasteiger partial charge in [0.15, 0.2) is 9.84 Å². The van der Waals surface area contributed by atoms with Gasteiger partial charge in [-0.2, -0.15) is 0 Å². The van der Waals surface area contributed by atoms with Crippen molar-refractivity contribution < 1.29 is 23.2 Å². The summed E-state index contributed by atoms with van der Waals surface area (Å²) >= 11 is 4.67. The Morgan fingerprint density at radius 2 is 1.69 bits per heavy atom. The van der Waals surface area contributed by atoms with E-state index in [1.165, 1.54) is 26.6 Å². The number of sulfone groups is 1. The highest BCUT2D eigenvalue weighted by atomic mass is 32.2. The van der Waals surface area contributed by atoms with Gasteiger partial charge in [-0.25, -0.2) is 13.9 Å². The largest absolute Gasteiger partial charge is 0.351 e. The number of nitrogens with one attached hydrogen (secondary N) is 2. The Labute approximate surface area is 179 Å². The Bertz CT molecular complexity index is 1100. The molecule has 11 heteroatoms. The maximum atomic E-state index is 12.4. The fourth-order valence-electron chi connectivity index (χ4n) is 2.63. The summed E-state index contributed by atoms with van der Waals surface area (Å²) in [5, 5.41) is 11.9. The van der Waals surface area contributed by atoms with E-state index >= 15 is 0 Å². The number of carbonyl (C=O) groups is 2. The first-order valence-corrected chi connectivity index (χ1v) is 12.9. The van der Waals surface area contributed by atoms with Crippen molar-refractivity contribution in [3.8, 4) is 19.5 Å². The van der Waals surface area contributed by atoms with Gasteiger partial charge in [-0.05, 0) is 42.1 Å². The molecule has 3 aromatic rings. The fraction of sp³-hybridized carbons (Fsp3) is 0.222. The fourth-order valence-corrected chi connectivity index (χ4v) is 6.47. The molecule has 3 heterocycles. The number of rotatable bonds is 8. The highest BCUT2D eigenvalue weighted by Crippen LogP contribution is 2.39. The molecular weight excluding hydrogens is 452 g/mol. The summed E-state index contributed by atoms with van der Waals surface area (Å²) in [4.78, 5) is 28.8. The molecule has 154 valence electrons. The zero-order valence-corrected chi connectivity index (χ0v) is 18.5. The number of hydroxylamine groups is 1. The molecule has 3 rings (SSSR count). The zero-order valence-electron chi connectivity index (χ0n) is 15.2. The molecule has 0 fully saturated rings. The zero-order chi connectivity index (χ0) is 21.0. The second kappa shape index (κ2) is 9.18. The summed E-state index contributed by atoms with van der Waals surface area (Å²) in [5.41, 5.74) is 1.35. The van der Waals surface area contributed by atoms with Crippen LogP contribution in [0.25, 0.3) is 19.5 Å². The minimum atomic E-state index is -3.71. The summed E-state index contributed by atoms with van der Waals surface area (Å²) in [6.45, 7) is -0.0151. The molecule has 0 aliphatic carbocycles. The van der Waals surface area contributed by atoms with Crippen molar-refractivity contribution in [2.75, 3.05) is 12.8 Å². The van der Waals surface area contributed by atoms with Gasteiger partial charge in [0.05, 0.1) is 4.88 Å². The minimum Gasteiger partial charge on any atom is -0.351 e. The molecule has 0 bridgehead atoms. The van der Waals surface area contributed by atoms with Crippen LogP contribution in [-0.2, 0) is 14.6 Å². The maximum Gasteiger partial charge on any atom is 0.261 e. The molecule has 0 saturated heterocycles. The van der Waals surface area contributed by atoms with Crippen molar-refractivity contribution in [2.24, 2.45) is 0 Å². The topological polar surface area (TPSA) is 113 Å². The van der Waals surface area contributed by atoms with Gasteiger partial charge in [0, 0.05) is 32.3 Å². The predicted octanol–water partition coefficient (Wildman–Crippen LogP) is 3.24. The highest BCUT2D eigenvalue weighted by Gasteiger charge is 2.28. The summed E-state index contributed by atoms with van der Waals surface area (Å²) in [6.07, 6.45) is 0.774. The van der Waals surface area contributed by atoms with Crippen molar-refractivity contribution in [3.05, 3.63) is 46.7 Å². The van der Waals surface area contributed by atoms with E-state index in [4.69, 9.17) is 5.21 Å². The van der Waals surface area contributed by atoms with E-state index in [0.717, 1.165) is 16.0 Å². The lowest BCUT2D eigenvalue weighted by Gasteiger charge is -2.13. The lowest BCUT2D eigenvalue weighted by Crippen LogP contribution is -2.40. The average molecular weight is 471 g/mol. The lowest BCUT2D eigenvalue weighted by atomic mass is 10.3. The Kier molecular flexibility index (Phi) is 6.85. The molecule has 0 spiro atoms. The van der Waals surface area contributed by atoms with Crippen LogP contribution in [-0.4, -0.2) is 43.5 Å². The Morgan fingerprint density at radius 1 is 1.03 bits per heavy atom. The van der Waals surface area contributed by atoms with Gasteiger partial charge in [0.1, 0.15) is 5.25 Å². The van der Waals surface area contributed by atoms with E-state index in [1.54, 1.807) is 28.7 Å². The molecule has 0 radical (unpaired) electrons. The highest BCUT2D eigenvalue weighted by molar-refractivity contribution is 7.92. The number of hydrogen-bond acceptors (Lipinski definition) is 8. The minimum absolute atomic E-state index is 0.0151. The lowest BCUT2D eigenvalue weighted by molar-refractivity contribution is -0.128. The number of thiophene rings is 3. The monoisotopic (exact) mass is 470 g/mol. The van der Waals surface area contributed by atoms with Gasteiger partial charge in [0.2, 0.25) is 0 Å². The standard InChI is InChI=1S/C18H18N2O5S4/c1-29(24,25)16(18(22)20-23)8-9-19-17(21)15-7-6-14(28-15)13-5-4-12(27-13)11-3-2-10-26-11/h2-7,10,16,23H,8-9H2,1H3,(H,19,21)(H,20,22). The maximum absolute atomic E-state index is 12.4. The van der Waals surface area contributed by atoms with E-state index in [-0.39, 0.29) is 18.9 Å². The summed E-state index contributed by atoms with van der Waals surface area (Å²) in [6, 6.07) is 11.7. The van der Waals surface area contributed by atoms with Crippen molar-refractivity contribution >= 4 is 55.7 Å². The Hall–Kier alpha value is -2.05. The number of amides is 2. The molecule has 7 nitrogen and oxygen atoms in total. The van der Waals surface area contributed by atoms with Crippen LogP contribution in [0.15, 0.2) is 41.8 Å². The van der Waals surface area contributed by atoms with Crippen molar-refractivity contribution in [1.29, 1.82) is 0 Å². The number of carbonyl (C=O) groups excluding carboxylic acids is 2. The molecule has 0 aliphatic heterocycles. The van der Waals surface area contributed by atoms with Crippen molar-refractivity contribution in [2.45, 2.75) is 11.7 Å². The second-order valence-corrected chi connectivity index (χ2v) is 11.5. The van der Waals surface area contributed by atoms with E-state index in [9.17, 15) is 18.0 Å². The van der Waals surface area contributed by atoms with E-state index in [1.807, 2.05) is 23.6 Å². The second-order valence-electron chi connectivity index (χ2n) is 6.14. The van der Waals surface area contributed by atoms with Gasteiger partial charge in [-0.3, -0.25) is 14.8 Å².